The average Bonchev–Trinajstić information content (AvgIpc) is 3.50. The molecule has 1 aliphatic rings. The van der Waals surface area contributed by atoms with E-state index < -0.39 is 5.97 Å². The molecule has 0 bridgehead atoms. The minimum atomic E-state index is -0.483. The number of benzene rings is 1. The normalized spacial score (nSPS) is 14.0. The second-order valence-corrected chi connectivity index (χ2v) is 9.40. The average molecular weight is 465 g/mol. The molecule has 1 amide bonds. The smallest absolute Gasteiger partial charge is 0.348 e. The van der Waals surface area contributed by atoms with Gasteiger partial charge < -0.3 is 14.5 Å². The van der Waals surface area contributed by atoms with Crippen LogP contribution in [0.15, 0.2) is 60.8 Å². The Morgan fingerprint density at radius 3 is 2.53 bits per heavy atom. The molecule has 1 aromatic carbocycles. The maximum Gasteiger partial charge on any atom is 0.348 e. The summed E-state index contributed by atoms with van der Waals surface area (Å²) in [4.78, 5) is 39.2. The van der Waals surface area contributed by atoms with E-state index in [4.69, 9.17) is 4.74 Å². The first-order valence-electron chi connectivity index (χ1n) is 10.2. The Morgan fingerprint density at radius 2 is 1.75 bits per heavy atom. The molecule has 0 N–H and O–H groups in total. The Kier molecular flexibility index (Phi) is 5.83. The van der Waals surface area contributed by atoms with Gasteiger partial charge in [0.2, 0.25) is 0 Å². The van der Waals surface area contributed by atoms with Crippen LogP contribution >= 0.6 is 22.7 Å². The summed E-state index contributed by atoms with van der Waals surface area (Å²) in [5.74, 6) is 0.248. The molecule has 5 rings (SSSR count). The minimum Gasteiger partial charge on any atom is -0.451 e. The van der Waals surface area contributed by atoms with Crippen molar-refractivity contribution < 1.29 is 14.3 Å². The van der Waals surface area contributed by atoms with Crippen LogP contribution in [0.4, 0.5) is 5.82 Å². The number of thiophene rings is 1. The van der Waals surface area contributed by atoms with Crippen LogP contribution in [0.25, 0.3) is 20.1 Å². The van der Waals surface area contributed by atoms with Crippen molar-refractivity contribution in [2.75, 3.05) is 37.7 Å². The molecule has 0 aliphatic carbocycles. The number of piperazine rings is 1. The molecular weight excluding hydrogens is 444 g/mol. The van der Waals surface area contributed by atoms with E-state index in [9.17, 15) is 9.59 Å². The predicted octanol–water partition coefficient (Wildman–Crippen LogP) is 3.93. The Balaban J connectivity index is 1.15. The highest BCUT2D eigenvalue weighted by atomic mass is 32.1. The molecule has 9 heteroatoms. The summed E-state index contributed by atoms with van der Waals surface area (Å²) in [6.45, 7) is 2.30. The molecule has 1 aliphatic heterocycles. The lowest BCUT2D eigenvalue weighted by atomic mass is 10.3. The predicted molar refractivity (Wildman–Crippen MR) is 126 cm³/mol. The quantitative estimate of drug-likeness (QED) is 0.417. The molecule has 0 saturated carbocycles. The van der Waals surface area contributed by atoms with E-state index in [1.165, 1.54) is 11.3 Å². The zero-order chi connectivity index (χ0) is 21.9. The van der Waals surface area contributed by atoms with Crippen LogP contribution in [0.1, 0.15) is 9.67 Å². The van der Waals surface area contributed by atoms with Gasteiger partial charge in [-0.25, -0.2) is 14.8 Å². The first-order valence-corrected chi connectivity index (χ1v) is 11.9. The SMILES string of the molecule is O=C(OCC(=O)N1CCN(c2ccccn2)CC1)c1ccc(-c2nc3ccccc3s2)s1. The molecule has 0 spiro atoms. The number of amides is 1. The van der Waals surface area contributed by atoms with Gasteiger partial charge >= 0.3 is 5.97 Å². The van der Waals surface area contributed by atoms with Gasteiger partial charge in [0.05, 0.1) is 15.1 Å². The maximum atomic E-state index is 12.5. The molecule has 1 saturated heterocycles. The Hall–Kier alpha value is -3.30. The van der Waals surface area contributed by atoms with Gasteiger partial charge in [0.15, 0.2) is 6.61 Å². The number of hydrogen-bond donors (Lipinski definition) is 0. The monoisotopic (exact) mass is 464 g/mol. The van der Waals surface area contributed by atoms with Gasteiger partial charge in [-0.3, -0.25) is 4.79 Å². The number of carbonyl (C=O) groups excluding carboxylic acids is 2. The number of aromatic nitrogens is 2. The molecule has 4 heterocycles. The summed E-state index contributed by atoms with van der Waals surface area (Å²) in [7, 11) is 0. The number of hydrogen-bond acceptors (Lipinski definition) is 8. The third-order valence-corrected chi connectivity index (χ3v) is 7.52. The highest BCUT2D eigenvalue weighted by Gasteiger charge is 2.23. The van der Waals surface area contributed by atoms with Crippen molar-refractivity contribution in [3.63, 3.8) is 0 Å². The number of pyridine rings is 1. The molecular formula is C23H20N4O3S2. The van der Waals surface area contributed by atoms with E-state index in [0.29, 0.717) is 31.1 Å². The minimum absolute atomic E-state index is 0.179. The molecule has 4 aromatic rings. The van der Waals surface area contributed by atoms with E-state index in [-0.39, 0.29) is 12.5 Å². The summed E-state index contributed by atoms with van der Waals surface area (Å²) in [5, 5.41) is 0.872. The van der Waals surface area contributed by atoms with Crippen LogP contribution in [-0.2, 0) is 9.53 Å². The summed E-state index contributed by atoms with van der Waals surface area (Å²) < 4.78 is 6.41. The molecule has 3 aromatic heterocycles. The van der Waals surface area contributed by atoms with E-state index in [0.717, 1.165) is 25.9 Å². The van der Waals surface area contributed by atoms with Crippen LogP contribution in [-0.4, -0.2) is 59.5 Å². The summed E-state index contributed by atoms with van der Waals surface area (Å²) >= 11 is 2.92. The van der Waals surface area contributed by atoms with Crippen LogP contribution < -0.4 is 4.90 Å². The zero-order valence-electron chi connectivity index (χ0n) is 17.1. The van der Waals surface area contributed by atoms with E-state index in [1.807, 2.05) is 48.5 Å². The standard InChI is InChI=1S/C23H20N4O3S2/c28-21(27-13-11-26(12-14-27)20-7-3-4-10-24-20)15-30-23(29)19-9-8-18(31-19)22-25-16-5-1-2-6-17(16)32-22/h1-10H,11-15H2. The zero-order valence-corrected chi connectivity index (χ0v) is 18.8. The van der Waals surface area contributed by atoms with Gasteiger partial charge in [-0.2, -0.15) is 0 Å². The number of para-hydroxylation sites is 1. The van der Waals surface area contributed by atoms with Crippen molar-refractivity contribution in [2.24, 2.45) is 0 Å². The van der Waals surface area contributed by atoms with Gasteiger partial charge in [0.25, 0.3) is 5.91 Å². The fraction of sp³-hybridized carbons (Fsp3) is 0.217. The fourth-order valence-electron chi connectivity index (χ4n) is 3.56. The molecule has 0 unspecified atom stereocenters. The van der Waals surface area contributed by atoms with Gasteiger partial charge in [-0.1, -0.05) is 18.2 Å². The van der Waals surface area contributed by atoms with Gasteiger partial charge in [0.1, 0.15) is 15.7 Å². The van der Waals surface area contributed by atoms with Crippen molar-refractivity contribution in [1.29, 1.82) is 0 Å². The highest BCUT2D eigenvalue weighted by Crippen LogP contribution is 2.34. The van der Waals surface area contributed by atoms with Crippen LogP contribution in [0.5, 0.6) is 0 Å². The number of esters is 1. The number of thiazole rings is 1. The van der Waals surface area contributed by atoms with E-state index in [2.05, 4.69) is 14.9 Å². The van der Waals surface area contributed by atoms with Crippen LogP contribution in [0.2, 0.25) is 0 Å². The maximum absolute atomic E-state index is 12.5. The largest absolute Gasteiger partial charge is 0.451 e. The van der Waals surface area contributed by atoms with E-state index >= 15 is 0 Å². The van der Waals surface area contributed by atoms with Crippen molar-refractivity contribution in [3.05, 3.63) is 65.7 Å². The summed E-state index contributed by atoms with van der Waals surface area (Å²) in [6.07, 6.45) is 1.76. The number of carbonyl (C=O) groups is 2. The number of fused-ring (bicyclic) bond motifs is 1. The van der Waals surface area contributed by atoms with Gasteiger partial charge in [-0.15, -0.1) is 22.7 Å². The van der Waals surface area contributed by atoms with Gasteiger partial charge in [-0.05, 0) is 36.4 Å². The number of ether oxygens (including phenoxy) is 1. The lowest BCUT2D eigenvalue weighted by Gasteiger charge is -2.35. The first kappa shape index (κ1) is 20.6. The second kappa shape index (κ2) is 9.05. The second-order valence-electron chi connectivity index (χ2n) is 7.28. The summed E-state index contributed by atoms with van der Waals surface area (Å²) in [6, 6.07) is 17.3. The number of nitrogens with zero attached hydrogens (tertiary/aromatic N) is 4. The fourth-order valence-corrected chi connectivity index (χ4v) is 5.48. The molecule has 162 valence electrons. The number of anilines is 1. The van der Waals surface area contributed by atoms with Gasteiger partial charge in [0, 0.05) is 32.4 Å². The van der Waals surface area contributed by atoms with Crippen LogP contribution in [0, 0.1) is 0 Å². The Bertz CT molecular complexity index is 1210. The van der Waals surface area contributed by atoms with Crippen molar-refractivity contribution >= 4 is 50.6 Å². The molecule has 32 heavy (non-hydrogen) atoms. The summed E-state index contributed by atoms with van der Waals surface area (Å²) in [5.41, 5.74) is 0.943. The molecule has 1 fully saturated rings. The lowest BCUT2D eigenvalue weighted by molar-refractivity contribution is -0.134. The van der Waals surface area contributed by atoms with E-state index in [1.54, 1.807) is 28.5 Å². The molecule has 0 atom stereocenters. The number of rotatable bonds is 5. The topological polar surface area (TPSA) is 75.6 Å². The Morgan fingerprint density at radius 1 is 0.938 bits per heavy atom. The third kappa shape index (κ3) is 4.35. The third-order valence-electron chi connectivity index (χ3n) is 5.24. The molecule has 7 nitrogen and oxygen atoms in total. The lowest BCUT2D eigenvalue weighted by Crippen LogP contribution is -2.50. The molecule has 0 radical (unpaired) electrons. The highest BCUT2D eigenvalue weighted by molar-refractivity contribution is 7.26. The van der Waals surface area contributed by atoms with Crippen molar-refractivity contribution in [2.45, 2.75) is 0 Å². The van der Waals surface area contributed by atoms with Crippen molar-refractivity contribution in [3.8, 4) is 9.88 Å². The Labute approximate surface area is 192 Å². The van der Waals surface area contributed by atoms with Crippen molar-refractivity contribution in [1.82, 2.24) is 14.9 Å². The first-order chi connectivity index (χ1) is 15.7. The van der Waals surface area contributed by atoms with Crippen LogP contribution in [0.3, 0.4) is 0 Å².